The van der Waals surface area contributed by atoms with Crippen LogP contribution in [0.2, 0.25) is 0 Å². The lowest BCUT2D eigenvalue weighted by Gasteiger charge is -2.06. The van der Waals surface area contributed by atoms with Gasteiger partial charge >= 0.3 is 6.18 Å². The number of hydrogen-bond acceptors (Lipinski definition) is 1. The van der Waals surface area contributed by atoms with Crippen LogP contribution in [0.15, 0.2) is 0 Å². The van der Waals surface area contributed by atoms with Gasteiger partial charge in [0.1, 0.15) is 0 Å². The summed E-state index contributed by atoms with van der Waals surface area (Å²) in [6.45, 7) is 2.99. The predicted molar refractivity (Wildman–Crippen MR) is 33.5 cm³/mol. The van der Waals surface area contributed by atoms with Gasteiger partial charge in [-0.15, -0.1) is 0 Å². The van der Waals surface area contributed by atoms with Gasteiger partial charge in [0.25, 0.3) is 0 Å². The van der Waals surface area contributed by atoms with Crippen molar-refractivity contribution in [1.82, 2.24) is 5.32 Å². The molecule has 0 spiro atoms. The Bertz CT molecular complexity index is 79.6. The Morgan fingerprint density at radius 3 is 2.30 bits per heavy atom. The molecule has 61 valence electrons. The summed E-state index contributed by atoms with van der Waals surface area (Å²) in [5, 5.41) is 2.26. The topological polar surface area (TPSA) is 12.0 Å². The van der Waals surface area contributed by atoms with Crippen molar-refractivity contribution in [3.63, 3.8) is 0 Å². The Balaban J connectivity index is 3.04. The van der Waals surface area contributed by atoms with Gasteiger partial charge in [-0.2, -0.15) is 13.2 Å². The lowest BCUT2D eigenvalue weighted by molar-refractivity contribution is -0.124. The SMILES string of the molecule is [CH2]CCCNCC(F)(F)F. The van der Waals surface area contributed by atoms with Gasteiger partial charge in [0.2, 0.25) is 0 Å². The Morgan fingerprint density at radius 2 is 1.90 bits per heavy atom. The van der Waals surface area contributed by atoms with Crippen molar-refractivity contribution in [2.45, 2.75) is 19.0 Å². The third-order valence-electron chi connectivity index (χ3n) is 0.929. The van der Waals surface area contributed by atoms with Crippen LogP contribution < -0.4 is 5.32 Å². The van der Waals surface area contributed by atoms with Crippen LogP contribution >= 0.6 is 0 Å². The minimum Gasteiger partial charge on any atom is -0.309 e. The van der Waals surface area contributed by atoms with E-state index in [2.05, 4.69) is 12.2 Å². The number of alkyl halides is 3. The molecule has 4 heteroatoms. The average Bonchev–Trinajstić information content (AvgIpc) is 1.78. The molecule has 0 aromatic carbocycles. The molecule has 0 aliphatic rings. The standard InChI is InChI=1S/C6H11F3N/c1-2-3-4-10-5-6(7,8)9/h10H,1-5H2. The van der Waals surface area contributed by atoms with Crippen molar-refractivity contribution >= 4 is 0 Å². The third kappa shape index (κ3) is 7.75. The van der Waals surface area contributed by atoms with Gasteiger partial charge in [-0.25, -0.2) is 0 Å². The van der Waals surface area contributed by atoms with E-state index in [1.165, 1.54) is 0 Å². The first-order valence-corrected chi connectivity index (χ1v) is 3.13. The summed E-state index contributed by atoms with van der Waals surface area (Å²) in [6.07, 6.45) is -2.72. The number of rotatable bonds is 4. The van der Waals surface area contributed by atoms with Crippen molar-refractivity contribution in [2.75, 3.05) is 13.1 Å². The molecule has 0 saturated carbocycles. The molecule has 1 radical (unpaired) electrons. The molecule has 0 rings (SSSR count). The molecule has 0 aliphatic heterocycles. The van der Waals surface area contributed by atoms with Gasteiger partial charge in [-0.3, -0.25) is 0 Å². The van der Waals surface area contributed by atoms with E-state index >= 15 is 0 Å². The summed E-state index contributed by atoms with van der Waals surface area (Å²) < 4.78 is 34.2. The van der Waals surface area contributed by atoms with Gasteiger partial charge in [0, 0.05) is 0 Å². The molecule has 1 nitrogen and oxygen atoms in total. The molecule has 0 heterocycles. The van der Waals surface area contributed by atoms with Gasteiger partial charge in [0.05, 0.1) is 6.54 Å². The fraction of sp³-hybridized carbons (Fsp3) is 0.833. The van der Waals surface area contributed by atoms with Gasteiger partial charge < -0.3 is 5.32 Å². The van der Waals surface area contributed by atoms with E-state index in [9.17, 15) is 13.2 Å². The van der Waals surface area contributed by atoms with Crippen LogP contribution in [0.25, 0.3) is 0 Å². The van der Waals surface area contributed by atoms with E-state index in [1.54, 1.807) is 0 Å². The number of hydrogen-bond donors (Lipinski definition) is 1. The normalized spacial score (nSPS) is 12.0. The summed E-state index contributed by atoms with van der Waals surface area (Å²) in [4.78, 5) is 0. The van der Waals surface area contributed by atoms with E-state index in [0.29, 0.717) is 19.4 Å². The fourth-order valence-corrected chi connectivity index (χ4v) is 0.480. The van der Waals surface area contributed by atoms with Gasteiger partial charge in [-0.05, 0) is 13.0 Å². The molecule has 0 unspecified atom stereocenters. The van der Waals surface area contributed by atoms with Crippen molar-refractivity contribution in [2.24, 2.45) is 0 Å². The maximum atomic E-state index is 11.4. The number of nitrogens with one attached hydrogen (secondary N) is 1. The molecule has 0 amide bonds. The average molecular weight is 154 g/mol. The zero-order valence-electron chi connectivity index (χ0n) is 5.67. The molecule has 10 heavy (non-hydrogen) atoms. The smallest absolute Gasteiger partial charge is 0.309 e. The van der Waals surface area contributed by atoms with E-state index in [1.807, 2.05) is 0 Å². The van der Waals surface area contributed by atoms with E-state index in [-0.39, 0.29) is 0 Å². The highest BCUT2D eigenvalue weighted by Gasteiger charge is 2.25. The summed E-state index contributed by atoms with van der Waals surface area (Å²) in [5.41, 5.74) is 0. The molecule has 0 atom stereocenters. The van der Waals surface area contributed by atoms with Crippen LogP contribution in [-0.2, 0) is 0 Å². The zero-order valence-corrected chi connectivity index (χ0v) is 5.67. The van der Waals surface area contributed by atoms with E-state index in [0.717, 1.165) is 0 Å². The number of halogens is 3. The Hall–Kier alpha value is -0.250. The largest absolute Gasteiger partial charge is 0.401 e. The maximum absolute atomic E-state index is 11.4. The maximum Gasteiger partial charge on any atom is 0.401 e. The first-order valence-electron chi connectivity index (χ1n) is 3.13. The third-order valence-corrected chi connectivity index (χ3v) is 0.929. The summed E-state index contributed by atoms with van der Waals surface area (Å²) in [7, 11) is 0. The van der Waals surface area contributed by atoms with Crippen molar-refractivity contribution in [1.29, 1.82) is 0 Å². The quantitative estimate of drug-likeness (QED) is 0.608. The minimum atomic E-state index is -4.08. The van der Waals surface area contributed by atoms with Gasteiger partial charge in [0.15, 0.2) is 0 Å². The van der Waals surface area contributed by atoms with Crippen molar-refractivity contribution in [3.8, 4) is 0 Å². The summed E-state index contributed by atoms with van der Waals surface area (Å²) >= 11 is 0. The lowest BCUT2D eigenvalue weighted by atomic mass is 10.3. The molecule has 0 fully saturated rings. The van der Waals surface area contributed by atoms with Crippen LogP contribution in [0.1, 0.15) is 12.8 Å². The lowest BCUT2D eigenvalue weighted by Crippen LogP contribution is -2.29. The second kappa shape index (κ2) is 4.55. The first-order chi connectivity index (χ1) is 4.56. The second-order valence-corrected chi connectivity index (χ2v) is 2.00. The highest BCUT2D eigenvalue weighted by atomic mass is 19.4. The van der Waals surface area contributed by atoms with E-state index in [4.69, 9.17) is 0 Å². The van der Waals surface area contributed by atoms with E-state index < -0.39 is 12.7 Å². The number of unbranched alkanes of at least 4 members (excludes halogenated alkanes) is 1. The molecular weight excluding hydrogens is 143 g/mol. The Kier molecular flexibility index (Phi) is 4.43. The molecule has 0 saturated heterocycles. The van der Waals surface area contributed by atoms with Crippen molar-refractivity contribution < 1.29 is 13.2 Å². The molecular formula is C6H11F3N. The van der Waals surface area contributed by atoms with Crippen LogP contribution in [0.4, 0.5) is 13.2 Å². The molecule has 0 aliphatic carbocycles. The minimum absolute atomic E-state index is 0.392. The Morgan fingerprint density at radius 1 is 1.30 bits per heavy atom. The zero-order chi connectivity index (χ0) is 8.04. The molecule has 1 N–H and O–H groups in total. The van der Waals surface area contributed by atoms with Crippen molar-refractivity contribution in [3.05, 3.63) is 6.92 Å². The summed E-state index contributed by atoms with van der Waals surface area (Å²) in [6, 6.07) is 0. The highest BCUT2D eigenvalue weighted by Crippen LogP contribution is 2.11. The summed E-state index contributed by atoms with van der Waals surface area (Å²) in [5.74, 6) is 0. The van der Waals surface area contributed by atoms with Gasteiger partial charge in [-0.1, -0.05) is 13.3 Å². The molecule has 0 aromatic heterocycles. The Labute approximate surface area is 58.6 Å². The second-order valence-electron chi connectivity index (χ2n) is 2.00. The fourth-order valence-electron chi connectivity index (χ4n) is 0.480. The van der Waals surface area contributed by atoms with Crippen LogP contribution in [0.5, 0.6) is 0 Å². The predicted octanol–water partition coefficient (Wildman–Crippen LogP) is 1.75. The molecule has 0 bridgehead atoms. The molecule has 0 aromatic rings. The van der Waals surface area contributed by atoms with Crippen LogP contribution in [0, 0.1) is 6.92 Å². The van der Waals surface area contributed by atoms with Crippen LogP contribution in [0.3, 0.4) is 0 Å². The monoisotopic (exact) mass is 154 g/mol. The highest BCUT2D eigenvalue weighted by molar-refractivity contribution is 4.55. The van der Waals surface area contributed by atoms with Crippen LogP contribution in [-0.4, -0.2) is 19.3 Å². The first kappa shape index (κ1) is 9.75.